The normalized spacial score (nSPS) is 14.9. The average Bonchev–Trinajstić information content (AvgIpc) is 3.00. The number of aromatic amines is 1. The third kappa shape index (κ3) is 1.94. The minimum atomic E-state index is -3.61. The highest BCUT2D eigenvalue weighted by Gasteiger charge is 2.32. The molecule has 0 unspecified atom stereocenters. The number of anilines is 1. The van der Waals surface area contributed by atoms with Gasteiger partial charge >= 0.3 is 0 Å². The Bertz CT molecular complexity index is 696. The molecule has 3 rings (SSSR count). The Balaban J connectivity index is 2.15. The number of ether oxygens (including phenoxy) is 1. The molecule has 1 aromatic carbocycles. The van der Waals surface area contributed by atoms with Gasteiger partial charge in [0.1, 0.15) is 10.6 Å². The summed E-state index contributed by atoms with van der Waals surface area (Å²) in [6.45, 7) is 0.445. The molecule has 0 fully saturated rings. The molecular weight excluding hydrogens is 278 g/mol. The van der Waals surface area contributed by atoms with Crippen LogP contribution in [-0.4, -0.2) is 32.3 Å². The Labute approximate surface area is 117 Å². The van der Waals surface area contributed by atoms with Gasteiger partial charge in [0, 0.05) is 12.7 Å². The molecule has 1 aliphatic rings. The van der Waals surface area contributed by atoms with Crippen molar-refractivity contribution >= 4 is 15.7 Å². The second kappa shape index (κ2) is 4.82. The van der Waals surface area contributed by atoms with Crippen LogP contribution in [0.3, 0.4) is 0 Å². The summed E-state index contributed by atoms with van der Waals surface area (Å²) in [5.74, 6) is 0.578. The number of sulfonamides is 1. The molecule has 6 nitrogen and oxygen atoms in total. The zero-order chi connectivity index (χ0) is 14.2. The van der Waals surface area contributed by atoms with Crippen LogP contribution in [0.25, 0.3) is 0 Å². The average molecular weight is 293 g/mol. The Hall–Kier alpha value is -2.02. The van der Waals surface area contributed by atoms with Gasteiger partial charge in [0.15, 0.2) is 0 Å². The first-order valence-corrected chi connectivity index (χ1v) is 7.76. The maximum absolute atomic E-state index is 12.7. The van der Waals surface area contributed by atoms with Crippen LogP contribution in [0, 0.1) is 0 Å². The summed E-state index contributed by atoms with van der Waals surface area (Å²) in [5, 5.41) is 6.26. The number of para-hydroxylation sites is 1. The van der Waals surface area contributed by atoms with Crippen LogP contribution < -0.4 is 9.04 Å². The maximum Gasteiger partial charge on any atom is 0.267 e. The summed E-state index contributed by atoms with van der Waals surface area (Å²) in [5.41, 5.74) is 1.63. The number of fused-ring (bicyclic) bond motifs is 1. The fraction of sp³-hybridized carbons (Fsp3) is 0.308. The smallest absolute Gasteiger partial charge is 0.267 e. The van der Waals surface area contributed by atoms with E-state index in [2.05, 4.69) is 10.2 Å². The summed E-state index contributed by atoms with van der Waals surface area (Å²) in [6.07, 6.45) is 4.35. The topological polar surface area (TPSA) is 75.3 Å². The van der Waals surface area contributed by atoms with E-state index < -0.39 is 10.0 Å². The predicted molar refractivity (Wildman–Crippen MR) is 74.4 cm³/mol. The summed E-state index contributed by atoms with van der Waals surface area (Å²) in [6, 6.07) is 5.60. The molecule has 0 bridgehead atoms. The number of methoxy groups -OCH3 is 1. The SMILES string of the molecule is COc1cccc2c1N(S(=O)(=O)c1cn[nH]c1)CCC2. The number of benzene rings is 1. The predicted octanol–water partition coefficient (Wildman–Crippen LogP) is 1.56. The summed E-state index contributed by atoms with van der Waals surface area (Å²) >= 11 is 0. The van der Waals surface area contributed by atoms with Gasteiger partial charge in [0.25, 0.3) is 10.0 Å². The van der Waals surface area contributed by atoms with Crippen molar-refractivity contribution in [2.75, 3.05) is 18.0 Å². The van der Waals surface area contributed by atoms with Crippen molar-refractivity contribution in [1.82, 2.24) is 10.2 Å². The minimum Gasteiger partial charge on any atom is -0.495 e. The number of hydrogen-bond acceptors (Lipinski definition) is 4. The molecule has 1 aromatic heterocycles. The zero-order valence-corrected chi connectivity index (χ0v) is 11.9. The Morgan fingerprint density at radius 3 is 2.95 bits per heavy atom. The molecule has 0 saturated heterocycles. The second-order valence-electron chi connectivity index (χ2n) is 4.58. The molecule has 0 spiro atoms. The maximum atomic E-state index is 12.7. The summed E-state index contributed by atoms with van der Waals surface area (Å²) in [7, 11) is -2.06. The molecule has 0 radical (unpaired) electrons. The van der Waals surface area contributed by atoms with Crippen molar-refractivity contribution in [3.8, 4) is 5.75 Å². The van der Waals surface area contributed by atoms with E-state index in [0.29, 0.717) is 18.0 Å². The molecule has 1 aliphatic heterocycles. The lowest BCUT2D eigenvalue weighted by molar-refractivity contribution is 0.414. The Morgan fingerprint density at radius 1 is 1.40 bits per heavy atom. The van der Waals surface area contributed by atoms with Crippen LogP contribution in [0.15, 0.2) is 35.5 Å². The van der Waals surface area contributed by atoms with Crippen molar-refractivity contribution in [2.24, 2.45) is 0 Å². The molecule has 106 valence electrons. The Kier molecular flexibility index (Phi) is 3.13. The first-order chi connectivity index (χ1) is 9.64. The summed E-state index contributed by atoms with van der Waals surface area (Å²) in [4.78, 5) is 0.163. The quantitative estimate of drug-likeness (QED) is 0.932. The van der Waals surface area contributed by atoms with E-state index in [1.165, 1.54) is 16.7 Å². The van der Waals surface area contributed by atoms with E-state index in [0.717, 1.165) is 18.4 Å². The van der Waals surface area contributed by atoms with Gasteiger partial charge in [0.05, 0.1) is 19.0 Å². The number of nitrogens with zero attached hydrogens (tertiary/aromatic N) is 2. The largest absolute Gasteiger partial charge is 0.495 e. The van der Waals surface area contributed by atoms with E-state index >= 15 is 0 Å². The third-order valence-electron chi connectivity index (χ3n) is 3.42. The van der Waals surface area contributed by atoms with Crippen LogP contribution in [0.2, 0.25) is 0 Å². The molecule has 7 heteroatoms. The number of hydrogen-bond donors (Lipinski definition) is 1. The van der Waals surface area contributed by atoms with Crippen molar-refractivity contribution in [2.45, 2.75) is 17.7 Å². The van der Waals surface area contributed by atoms with E-state index in [9.17, 15) is 8.42 Å². The van der Waals surface area contributed by atoms with Crippen molar-refractivity contribution in [3.63, 3.8) is 0 Å². The second-order valence-corrected chi connectivity index (χ2v) is 6.45. The molecule has 0 atom stereocenters. The van der Waals surface area contributed by atoms with E-state index in [1.54, 1.807) is 13.2 Å². The zero-order valence-electron chi connectivity index (χ0n) is 11.0. The number of aromatic nitrogens is 2. The van der Waals surface area contributed by atoms with Gasteiger partial charge in [-0.1, -0.05) is 12.1 Å². The van der Waals surface area contributed by atoms with Crippen LogP contribution in [-0.2, 0) is 16.4 Å². The van der Waals surface area contributed by atoms with Gasteiger partial charge in [-0.3, -0.25) is 9.40 Å². The number of rotatable bonds is 3. The number of aryl methyl sites for hydroxylation is 1. The van der Waals surface area contributed by atoms with Crippen LogP contribution >= 0.6 is 0 Å². The van der Waals surface area contributed by atoms with Crippen LogP contribution in [0.4, 0.5) is 5.69 Å². The van der Waals surface area contributed by atoms with E-state index in [4.69, 9.17) is 4.74 Å². The molecule has 2 aromatic rings. The number of H-pyrrole nitrogens is 1. The van der Waals surface area contributed by atoms with Crippen LogP contribution in [0.1, 0.15) is 12.0 Å². The van der Waals surface area contributed by atoms with Gasteiger partial charge in [0.2, 0.25) is 0 Å². The fourth-order valence-electron chi connectivity index (χ4n) is 2.49. The van der Waals surface area contributed by atoms with E-state index in [-0.39, 0.29) is 4.90 Å². The lowest BCUT2D eigenvalue weighted by Gasteiger charge is -2.31. The molecule has 20 heavy (non-hydrogen) atoms. The van der Waals surface area contributed by atoms with Gasteiger partial charge in [-0.2, -0.15) is 5.10 Å². The molecular formula is C13H15N3O3S. The third-order valence-corrected chi connectivity index (χ3v) is 5.18. The van der Waals surface area contributed by atoms with E-state index in [1.807, 2.05) is 12.1 Å². The number of nitrogens with one attached hydrogen (secondary N) is 1. The monoisotopic (exact) mass is 293 g/mol. The highest BCUT2D eigenvalue weighted by atomic mass is 32.2. The fourth-order valence-corrected chi connectivity index (χ4v) is 3.95. The van der Waals surface area contributed by atoms with Crippen LogP contribution in [0.5, 0.6) is 5.75 Å². The Morgan fingerprint density at radius 2 is 2.25 bits per heavy atom. The molecule has 0 amide bonds. The molecule has 2 heterocycles. The van der Waals surface area contributed by atoms with Crippen molar-refractivity contribution in [1.29, 1.82) is 0 Å². The lowest BCUT2D eigenvalue weighted by atomic mass is 10.0. The first-order valence-electron chi connectivity index (χ1n) is 6.32. The molecule has 1 N–H and O–H groups in total. The van der Waals surface area contributed by atoms with Gasteiger partial charge in [-0.05, 0) is 24.5 Å². The van der Waals surface area contributed by atoms with Gasteiger partial charge in [-0.15, -0.1) is 0 Å². The lowest BCUT2D eigenvalue weighted by Crippen LogP contribution is -2.35. The molecule has 0 saturated carbocycles. The first kappa shape index (κ1) is 13.0. The van der Waals surface area contributed by atoms with Crippen molar-refractivity contribution in [3.05, 3.63) is 36.2 Å². The summed E-state index contributed by atoms with van der Waals surface area (Å²) < 4.78 is 32.1. The highest BCUT2D eigenvalue weighted by molar-refractivity contribution is 7.92. The van der Waals surface area contributed by atoms with Gasteiger partial charge in [-0.25, -0.2) is 8.42 Å². The minimum absolute atomic E-state index is 0.163. The van der Waals surface area contributed by atoms with Gasteiger partial charge < -0.3 is 4.74 Å². The standard InChI is InChI=1S/C13H15N3O3S/c1-19-12-6-2-4-10-5-3-7-16(13(10)12)20(17,18)11-8-14-15-9-11/h2,4,6,8-9H,3,5,7H2,1H3,(H,14,15). The van der Waals surface area contributed by atoms with Crippen molar-refractivity contribution < 1.29 is 13.2 Å². The highest BCUT2D eigenvalue weighted by Crippen LogP contribution is 2.38. The molecule has 0 aliphatic carbocycles.